The van der Waals surface area contributed by atoms with Gasteiger partial charge in [0.1, 0.15) is 0 Å². The first-order valence-corrected chi connectivity index (χ1v) is 5.86. The molecule has 0 saturated heterocycles. The molecule has 1 rings (SSSR count). The summed E-state index contributed by atoms with van der Waals surface area (Å²) in [6.07, 6.45) is 0. The van der Waals surface area contributed by atoms with Gasteiger partial charge in [0.15, 0.2) is 0 Å². The molecule has 0 bridgehead atoms. The van der Waals surface area contributed by atoms with E-state index in [4.69, 9.17) is 15.2 Å². The third-order valence-electron chi connectivity index (χ3n) is 2.36. The van der Waals surface area contributed by atoms with E-state index in [0.29, 0.717) is 33.0 Å². The smallest absolute Gasteiger partial charge is 0.0718 e. The van der Waals surface area contributed by atoms with Gasteiger partial charge < -0.3 is 20.1 Å². The van der Waals surface area contributed by atoms with E-state index >= 15 is 0 Å². The van der Waals surface area contributed by atoms with Gasteiger partial charge in [-0.3, -0.25) is 0 Å². The molecule has 96 valence electrons. The van der Waals surface area contributed by atoms with Crippen LogP contribution in [0.2, 0.25) is 0 Å². The summed E-state index contributed by atoms with van der Waals surface area (Å²) in [6.45, 7) is 3.00. The molecule has 0 atom stereocenters. The van der Waals surface area contributed by atoms with Gasteiger partial charge in [-0.15, -0.1) is 0 Å². The fraction of sp³-hybridized carbons (Fsp3) is 0.538. The minimum absolute atomic E-state index is 0.562. The third-order valence-corrected chi connectivity index (χ3v) is 2.36. The summed E-state index contributed by atoms with van der Waals surface area (Å²) < 4.78 is 10.7. The van der Waals surface area contributed by atoms with Crippen LogP contribution in [0.4, 0.5) is 5.69 Å². The van der Waals surface area contributed by atoms with Crippen LogP contribution in [0.15, 0.2) is 24.3 Å². The summed E-state index contributed by atoms with van der Waals surface area (Å²) in [5, 5.41) is 0. The number of anilines is 1. The first-order chi connectivity index (χ1) is 8.24. The lowest BCUT2D eigenvalue weighted by atomic mass is 10.2. The fourth-order valence-corrected chi connectivity index (χ4v) is 1.38. The molecule has 2 N–H and O–H groups in total. The molecule has 0 unspecified atom stereocenters. The lowest BCUT2D eigenvalue weighted by Crippen LogP contribution is -2.12. The Morgan fingerprint density at radius 3 is 2.24 bits per heavy atom. The van der Waals surface area contributed by atoms with Gasteiger partial charge in [-0.1, -0.05) is 12.1 Å². The maximum Gasteiger partial charge on any atom is 0.0718 e. The minimum Gasteiger partial charge on any atom is -0.378 e. The molecule has 0 aliphatic rings. The first kappa shape index (κ1) is 14.0. The maximum atomic E-state index is 5.49. The second kappa shape index (κ2) is 8.06. The van der Waals surface area contributed by atoms with E-state index in [-0.39, 0.29) is 0 Å². The number of hydrogen-bond donors (Lipinski definition) is 1. The maximum absolute atomic E-state index is 5.49. The molecular weight excluding hydrogens is 216 g/mol. The van der Waals surface area contributed by atoms with E-state index in [1.54, 1.807) is 0 Å². The molecule has 0 amide bonds. The topological polar surface area (TPSA) is 47.7 Å². The lowest BCUT2D eigenvalue weighted by molar-refractivity contribution is 0.0433. The molecule has 0 heterocycles. The standard InChI is InChI=1S/C13H22N2O2/c1-15(2)13-5-3-12(4-6-13)11-17-10-9-16-8-7-14/h3-6H,7-11,14H2,1-2H3. The normalized spacial score (nSPS) is 10.5. The van der Waals surface area contributed by atoms with Crippen LogP contribution in [-0.2, 0) is 16.1 Å². The van der Waals surface area contributed by atoms with Crippen molar-refractivity contribution in [2.45, 2.75) is 6.61 Å². The van der Waals surface area contributed by atoms with Crippen LogP contribution in [0.25, 0.3) is 0 Å². The average molecular weight is 238 g/mol. The van der Waals surface area contributed by atoms with Crippen LogP contribution >= 0.6 is 0 Å². The summed E-state index contributed by atoms with van der Waals surface area (Å²) in [4.78, 5) is 2.07. The monoisotopic (exact) mass is 238 g/mol. The summed E-state index contributed by atoms with van der Waals surface area (Å²) in [7, 11) is 4.06. The van der Waals surface area contributed by atoms with Gasteiger partial charge in [-0.25, -0.2) is 0 Å². The molecule has 0 radical (unpaired) electrons. The molecule has 0 saturated carbocycles. The van der Waals surface area contributed by atoms with Crippen molar-refractivity contribution >= 4 is 5.69 Å². The third kappa shape index (κ3) is 5.68. The highest BCUT2D eigenvalue weighted by molar-refractivity contribution is 5.45. The summed E-state index contributed by atoms with van der Waals surface area (Å²) in [5.41, 5.74) is 7.67. The van der Waals surface area contributed by atoms with Crippen molar-refractivity contribution in [2.75, 3.05) is 45.4 Å². The second-order valence-electron chi connectivity index (χ2n) is 4.01. The molecule has 17 heavy (non-hydrogen) atoms. The fourth-order valence-electron chi connectivity index (χ4n) is 1.38. The van der Waals surface area contributed by atoms with E-state index in [1.807, 2.05) is 14.1 Å². The van der Waals surface area contributed by atoms with Crippen molar-refractivity contribution in [1.29, 1.82) is 0 Å². The van der Waals surface area contributed by atoms with Crippen molar-refractivity contribution in [1.82, 2.24) is 0 Å². The molecule has 4 heteroatoms. The van der Waals surface area contributed by atoms with Crippen LogP contribution in [0, 0.1) is 0 Å². The number of hydrogen-bond acceptors (Lipinski definition) is 4. The predicted octanol–water partition coefficient (Wildman–Crippen LogP) is 1.24. The SMILES string of the molecule is CN(C)c1ccc(COCCOCCN)cc1. The molecule has 0 aliphatic heterocycles. The van der Waals surface area contributed by atoms with E-state index in [1.165, 1.54) is 11.3 Å². The van der Waals surface area contributed by atoms with Gasteiger partial charge in [-0.05, 0) is 17.7 Å². The number of nitrogens with two attached hydrogens (primary N) is 1. The van der Waals surface area contributed by atoms with E-state index in [9.17, 15) is 0 Å². The molecule has 1 aromatic carbocycles. The molecule has 1 aromatic rings. The molecule has 0 spiro atoms. The Balaban J connectivity index is 2.19. The molecular formula is C13H22N2O2. The van der Waals surface area contributed by atoms with Gasteiger partial charge in [-0.2, -0.15) is 0 Å². The Bertz CT molecular complexity index is 299. The summed E-state index contributed by atoms with van der Waals surface area (Å²) in [5.74, 6) is 0. The molecule has 0 fully saturated rings. The minimum atomic E-state index is 0.562. The van der Waals surface area contributed by atoms with Gasteiger partial charge in [0.2, 0.25) is 0 Å². The van der Waals surface area contributed by atoms with Crippen LogP contribution in [0.5, 0.6) is 0 Å². The summed E-state index contributed by atoms with van der Waals surface area (Å²) >= 11 is 0. The highest BCUT2D eigenvalue weighted by Gasteiger charge is 1.96. The zero-order chi connectivity index (χ0) is 12.5. The second-order valence-corrected chi connectivity index (χ2v) is 4.01. The van der Waals surface area contributed by atoms with Crippen LogP contribution in [-0.4, -0.2) is 40.5 Å². The van der Waals surface area contributed by atoms with Gasteiger partial charge in [0.25, 0.3) is 0 Å². The number of rotatable bonds is 8. The Morgan fingerprint density at radius 1 is 1.00 bits per heavy atom. The van der Waals surface area contributed by atoms with E-state index in [2.05, 4.69) is 29.2 Å². The first-order valence-electron chi connectivity index (χ1n) is 5.86. The van der Waals surface area contributed by atoms with Gasteiger partial charge in [0, 0.05) is 26.3 Å². The van der Waals surface area contributed by atoms with E-state index < -0.39 is 0 Å². The van der Waals surface area contributed by atoms with Crippen molar-refractivity contribution in [2.24, 2.45) is 5.73 Å². The Morgan fingerprint density at radius 2 is 1.65 bits per heavy atom. The predicted molar refractivity (Wildman–Crippen MR) is 70.3 cm³/mol. The Kier molecular flexibility index (Phi) is 6.62. The van der Waals surface area contributed by atoms with Crippen molar-refractivity contribution in [3.63, 3.8) is 0 Å². The Labute approximate surface area is 103 Å². The van der Waals surface area contributed by atoms with Crippen molar-refractivity contribution in [3.8, 4) is 0 Å². The zero-order valence-corrected chi connectivity index (χ0v) is 10.7. The van der Waals surface area contributed by atoms with Crippen molar-refractivity contribution in [3.05, 3.63) is 29.8 Å². The number of ether oxygens (including phenoxy) is 2. The van der Waals surface area contributed by atoms with Crippen LogP contribution < -0.4 is 10.6 Å². The Hall–Kier alpha value is -1.10. The highest BCUT2D eigenvalue weighted by atomic mass is 16.5. The quantitative estimate of drug-likeness (QED) is 0.692. The van der Waals surface area contributed by atoms with Crippen LogP contribution in [0.1, 0.15) is 5.56 Å². The van der Waals surface area contributed by atoms with Crippen molar-refractivity contribution < 1.29 is 9.47 Å². The van der Waals surface area contributed by atoms with Gasteiger partial charge >= 0.3 is 0 Å². The number of nitrogens with zero attached hydrogens (tertiary/aromatic N) is 1. The zero-order valence-electron chi connectivity index (χ0n) is 10.7. The molecule has 4 nitrogen and oxygen atoms in total. The average Bonchev–Trinajstić information content (AvgIpc) is 2.34. The van der Waals surface area contributed by atoms with E-state index in [0.717, 1.165) is 0 Å². The van der Waals surface area contributed by atoms with Gasteiger partial charge in [0.05, 0.1) is 26.4 Å². The largest absolute Gasteiger partial charge is 0.378 e. The molecule has 0 aromatic heterocycles. The lowest BCUT2D eigenvalue weighted by Gasteiger charge is -2.12. The molecule has 0 aliphatic carbocycles. The summed E-state index contributed by atoms with van der Waals surface area (Å²) in [6, 6.07) is 8.33. The highest BCUT2D eigenvalue weighted by Crippen LogP contribution is 2.12. The number of benzene rings is 1. The van der Waals surface area contributed by atoms with Crippen LogP contribution in [0.3, 0.4) is 0 Å².